The van der Waals surface area contributed by atoms with Crippen LogP contribution < -0.4 is 11.1 Å². The molecule has 0 aromatic rings. The number of ether oxygens (including phenoxy) is 2. The molecule has 2 rings (SSSR count). The summed E-state index contributed by atoms with van der Waals surface area (Å²) in [5.41, 5.74) is 5.81. The highest BCUT2D eigenvalue weighted by Gasteiger charge is 2.50. The minimum absolute atomic E-state index is 0.104. The molecular formula is C13H26N2O2. The molecule has 4 heteroatoms. The Morgan fingerprint density at radius 1 is 1.18 bits per heavy atom. The van der Waals surface area contributed by atoms with Gasteiger partial charge >= 0.3 is 0 Å². The second-order valence-electron chi connectivity index (χ2n) is 5.74. The van der Waals surface area contributed by atoms with Gasteiger partial charge in [0.05, 0.1) is 12.2 Å². The zero-order chi connectivity index (χ0) is 12.6. The number of nitrogens with one attached hydrogen (secondary N) is 1. The summed E-state index contributed by atoms with van der Waals surface area (Å²) in [6.45, 7) is 8.65. The lowest BCUT2D eigenvalue weighted by Crippen LogP contribution is -2.43. The van der Waals surface area contributed by atoms with Crippen LogP contribution in [0.15, 0.2) is 0 Å². The van der Waals surface area contributed by atoms with Gasteiger partial charge in [0.15, 0.2) is 0 Å². The monoisotopic (exact) mass is 242 g/mol. The minimum atomic E-state index is 0.104. The molecule has 17 heavy (non-hydrogen) atoms. The van der Waals surface area contributed by atoms with E-state index >= 15 is 0 Å². The highest BCUT2D eigenvalue weighted by Crippen LogP contribution is 2.34. The molecule has 0 aromatic carbocycles. The molecule has 2 saturated heterocycles. The van der Waals surface area contributed by atoms with Crippen molar-refractivity contribution in [2.75, 3.05) is 0 Å². The van der Waals surface area contributed by atoms with Crippen molar-refractivity contribution >= 4 is 0 Å². The first kappa shape index (κ1) is 13.3. The van der Waals surface area contributed by atoms with Crippen molar-refractivity contribution in [1.82, 2.24) is 5.32 Å². The van der Waals surface area contributed by atoms with Gasteiger partial charge in [-0.1, -0.05) is 27.2 Å². The Kier molecular flexibility index (Phi) is 4.08. The summed E-state index contributed by atoms with van der Waals surface area (Å²) in [5, 5.41) is 3.54. The van der Waals surface area contributed by atoms with Crippen LogP contribution in [0.2, 0.25) is 0 Å². The largest absolute Gasteiger partial charge is 0.368 e. The summed E-state index contributed by atoms with van der Waals surface area (Å²) in [5.74, 6) is 0.555. The summed E-state index contributed by atoms with van der Waals surface area (Å²) in [4.78, 5) is 0. The van der Waals surface area contributed by atoms with Gasteiger partial charge in [-0.05, 0) is 19.3 Å². The summed E-state index contributed by atoms with van der Waals surface area (Å²) in [7, 11) is 0. The van der Waals surface area contributed by atoms with Gasteiger partial charge in [0.1, 0.15) is 12.3 Å². The van der Waals surface area contributed by atoms with Crippen LogP contribution in [0, 0.1) is 5.92 Å². The van der Waals surface area contributed by atoms with Crippen LogP contribution in [0.5, 0.6) is 0 Å². The Morgan fingerprint density at radius 2 is 1.88 bits per heavy atom. The SMILES string of the molecule is CCCC1OC1C(NC1OC1C(C)N)C(C)C. The maximum atomic E-state index is 5.81. The lowest BCUT2D eigenvalue weighted by molar-refractivity contribution is 0.249. The Morgan fingerprint density at radius 3 is 2.35 bits per heavy atom. The predicted molar refractivity (Wildman–Crippen MR) is 67.6 cm³/mol. The van der Waals surface area contributed by atoms with E-state index in [-0.39, 0.29) is 18.4 Å². The molecule has 0 radical (unpaired) electrons. The first-order valence-electron chi connectivity index (χ1n) is 6.87. The van der Waals surface area contributed by atoms with Gasteiger partial charge < -0.3 is 15.2 Å². The zero-order valence-electron chi connectivity index (χ0n) is 11.3. The summed E-state index contributed by atoms with van der Waals surface area (Å²) in [6.07, 6.45) is 3.49. The van der Waals surface area contributed by atoms with E-state index in [9.17, 15) is 0 Å². The Balaban J connectivity index is 1.79. The molecule has 4 nitrogen and oxygen atoms in total. The van der Waals surface area contributed by atoms with Gasteiger partial charge in [-0.3, -0.25) is 5.32 Å². The number of epoxide rings is 2. The second kappa shape index (κ2) is 5.22. The molecule has 100 valence electrons. The third-order valence-corrected chi connectivity index (χ3v) is 3.67. The van der Waals surface area contributed by atoms with E-state index in [1.165, 1.54) is 6.42 Å². The first-order valence-corrected chi connectivity index (χ1v) is 6.87. The van der Waals surface area contributed by atoms with Crippen LogP contribution in [-0.2, 0) is 9.47 Å². The topological polar surface area (TPSA) is 63.1 Å². The van der Waals surface area contributed by atoms with E-state index in [2.05, 4.69) is 26.1 Å². The van der Waals surface area contributed by atoms with Crippen molar-refractivity contribution in [1.29, 1.82) is 0 Å². The quantitative estimate of drug-likeness (QED) is 0.659. The van der Waals surface area contributed by atoms with E-state index in [0.717, 1.165) is 6.42 Å². The number of hydrogen-bond donors (Lipinski definition) is 2. The molecule has 0 aliphatic carbocycles. The highest BCUT2D eigenvalue weighted by molar-refractivity contribution is 5.00. The average molecular weight is 242 g/mol. The van der Waals surface area contributed by atoms with Crippen LogP contribution in [0.25, 0.3) is 0 Å². The standard InChI is InChI=1S/C13H26N2O2/c1-5-6-9-12(16-9)10(7(2)3)15-13-11(17-13)8(4)14/h7-13,15H,5-6,14H2,1-4H3. The van der Waals surface area contributed by atoms with Crippen molar-refractivity contribution in [3.8, 4) is 0 Å². The Hall–Kier alpha value is -0.160. The van der Waals surface area contributed by atoms with Crippen molar-refractivity contribution in [2.24, 2.45) is 11.7 Å². The zero-order valence-corrected chi connectivity index (χ0v) is 11.3. The fraction of sp³-hybridized carbons (Fsp3) is 1.00. The average Bonchev–Trinajstić information content (AvgIpc) is 3.07. The predicted octanol–water partition coefficient (Wildman–Crippen LogP) is 1.24. The fourth-order valence-electron chi connectivity index (χ4n) is 2.50. The molecule has 0 amide bonds. The number of rotatable bonds is 7. The Labute approximate surface area is 104 Å². The molecule has 2 heterocycles. The van der Waals surface area contributed by atoms with Gasteiger partial charge in [-0.15, -0.1) is 0 Å². The Bertz CT molecular complexity index is 258. The molecule has 2 fully saturated rings. The van der Waals surface area contributed by atoms with Crippen LogP contribution in [0.4, 0.5) is 0 Å². The summed E-state index contributed by atoms with van der Waals surface area (Å²) < 4.78 is 11.3. The summed E-state index contributed by atoms with van der Waals surface area (Å²) >= 11 is 0. The van der Waals surface area contributed by atoms with Crippen molar-refractivity contribution < 1.29 is 9.47 Å². The molecule has 2 aliphatic heterocycles. The third-order valence-electron chi connectivity index (χ3n) is 3.67. The molecular weight excluding hydrogens is 216 g/mol. The van der Waals surface area contributed by atoms with Gasteiger partial charge in [-0.25, -0.2) is 0 Å². The number of hydrogen-bond acceptors (Lipinski definition) is 4. The normalized spacial score (nSPS) is 39.2. The maximum Gasteiger partial charge on any atom is 0.137 e. The van der Waals surface area contributed by atoms with Gasteiger partial charge in [0.25, 0.3) is 0 Å². The van der Waals surface area contributed by atoms with E-state index in [1.807, 2.05) is 6.92 Å². The van der Waals surface area contributed by atoms with Crippen molar-refractivity contribution in [3.05, 3.63) is 0 Å². The first-order chi connectivity index (χ1) is 8.04. The van der Waals surface area contributed by atoms with E-state index in [0.29, 0.717) is 24.2 Å². The van der Waals surface area contributed by atoms with Gasteiger partial charge in [0, 0.05) is 12.1 Å². The fourth-order valence-corrected chi connectivity index (χ4v) is 2.50. The lowest BCUT2D eigenvalue weighted by Gasteiger charge is -2.20. The highest BCUT2D eigenvalue weighted by atomic mass is 16.6. The van der Waals surface area contributed by atoms with E-state index < -0.39 is 0 Å². The van der Waals surface area contributed by atoms with E-state index in [4.69, 9.17) is 15.2 Å². The molecule has 0 aromatic heterocycles. The number of nitrogens with two attached hydrogens (primary N) is 1. The minimum Gasteiger partial charge on any atom is -0.368 e. The maximum absolute atomic E-state index is 5.81. The molecule has 3 N–H and O–H groups in total. The third kappa shape index (κ3) is 3.19. The molecule has 0 saturated carbocycles. The van der Waals surface area contributed by atoms with Gasteiger partial charge in [0.2, 0.25) is 0 Å². The molecule has 6 atom stereocenters. The van der Waals surface area contributed by atoms with Crippen molar-refractivity contribution in [3.63, 3.8) is 0 Å². The summed E-state index contributed by atoms with van der Waals surface area (Å²) in [6, 6.07) is 0.493. The molecule has 0 bridgehead atoms. The second-order valence-corrected chi connectivity index (χ2v) is 5.74. The molecule has 0 spiro atoms. The van der Waals surface area contributed by atoms with Crippen LogP contribution in [0.3, 0.4) is 0 Å². The molecule has 6 unspecified atom stereocenters. The van der Waals surface area contributed by atoms with Gasteiger partial charge in [-0.2, -0.15) is 0 Å². The van der Waals surface area contributed by atoms with Crippen molar-refractivity contribution in [2.45, 2.75) is 77.2 Å². The smallest absolute Gasteiger partial charge is 0.137 e. The van der Waals surface area contributed by atoms with E-state index in [1.54, 1.807) is 0 Å². The van der Waals surface area contributed by atoms with Crippen LogP contribution >= 0.6 is 0 Å². The van der Waals surface area contributed by atoms with Crippen LogP contribution in [0.1, 0.15) is 40.5 Å². The molecule has 2 aliphatic rings. The van der Waals surface area contributed by atoms with Crippen LogP contribution in [-0.4, -0.2) is 36.6 Å². The lowest BCUT2D eigenvalue weighted by atomic mass is 9.97.